The van der Waals surface area contributed by atoms with Crippen molar-refractivity contribution >= 4 is 23.4 Å². The molecule has 0 aliphatic rings. The predicted molar refractivity (Wildman–Crippen MR) is 92.4 cm³/mol. The Balaban J connectivity index is 1.99. The maximum absolute atomic E-state index is 12.3. The van der Waals surface area contributed by atoms with Gasteiger partial charge in [0.05, 0.1) is 6.61 Å². The van der Waals surface area contributed by atoms with E-state index in [1.54, 1.807) is 30.3 Å². The zero-order valence-electron chi connectivity index (χ0n) is 13.7. The Bertz CT molecular complexity index is 716. The number of hydrogen-bond donors (Lipinski definition) is 2. The van der Waals surface area contributed by atoms with Gasteiger partial charge in [0, 0.05) is 24.0 Å². The molecule has 2 aromatic carbocycles. The van der Waals surface area contributed by atoms with E-state index in [2.05, 4.69) is 10.6 Å². The number of carbonyl (C=O) groups excluding carboxylic acids is 2. The van der Waals surface area contributed by atoms with Gasteiger partial charge < -0.3 is 14.8 Å². The number of hydrogen-bond acceptors (Lipinski definition) is 4. The van der Waals surface area contributed by atoms with Crippen molar-refractivity contribution in [1.82, 2.24) is 0 Å². The number of aryl methyl sites for hydroxylation is 1. The number of benzene rings is 2. The highest BCUT2D eigenvalue weighted by Gasteiger charge is 2.09. The first-order chi connectivity index (χ1) is 11.6. The molecule has 6 heteroatoms. The maximum atomic E-state index is 12.3. The van der Waals surface area contributed by atoms with Crippen molar-refractivity contribution in [2.75, 3.05) is 31.0 Å². The third-order valence-electron chi connectivity index (χ3n) is 3.28. The van der Waals surface area contributed by atoms with Crippen molar-refractivity contribution in [1.29, 1.82) is 0 Å². The highest BCUT2D eigenvalue weighted by molar-refractivity contribution is 6.05. The molecule has 2 aromatic rings. The molecule has 2 rings (SSSR count). The van der Waals surface area contributed by atoms with Gasteiger partial charge in [-0.25, -0.2) is 4.79 Å². The van der Waals surface area contributed by atoms with Gasteiger partial charge in [-0.1, -0.05) is 24.3 Å². The van der Waals surface area contributed by atoms with Gasteiger partial charge in [-0.2, -0.15) is 0 Å². The average molecular weight is 328 g/mol. The molecule has 0 aromatic heterocycles. The molecule has 2 N–H and O–H groups in total. The van der Waals surface area contributed by atoms with Crippen LogP contribution in [-0.2, 0) is 9.47 Å². The van der Waals surface area contributed by atoms with Gasteiger partial charge in [-0.05, 0) is 36.8 Å². The Morgan fingerprint density at radius 3 is 2.38 bits per heavy atom. The second-order valence-corrected chi connectivity index (χ2v) is 5.10. The van der Waals surface area contributed by atoms with Gasteiger partial charge >= 0.3 is 6.09 Å². The summed E-state index contributed by atoms with van der Waals surface area (Å²) in [4.78, 5) is 23.9. The molecular weight excluding hydrogens is 308 g/mol. The minimum Gasteiger partial charge on any atom is -0.447 e. The van der Waals surface area contributed by atoms with Crippen molar-refractivity contribution in [3.63, 3.8) is 0 Å². The molecule has 0 fully saturated rings. The molecule has 0 saturated heterocycles. The Kier molecular flexibility index (Phi) is 6.33. The fourth-order valence-electron chi connectivity index (χ4n) is 2.07. The number of ether oxygens (including phenoxy) is 2. The van der Waals surface area contributed by atoms with Gasteiger partial charge in [-0.3, -0.25) is 10.1 Å². The summed E-state index contributed by atoms with van der Waals surface area (Å²) in [7, 11) is 1.53. The maximum Gasteiger partial charge on any atom is 0.411 e. The largest absolute Gasteiger partial charge is 0.447 e. The molecule has 6 nitrogen and oxygen atoms in total. The van der Waals surface area contributed by atoms with E-state index in [1.165, 1.54) is 7.11 Å². The number of methoxy groups -OCH3 is 1. The predicted octanol–water partition coefficient (Wildman–Crippen LogP) is 3.44. The molecule has 0 aliphatic heterocycles. The zero-order valence-corrected chi connectivity index (χ0v) is 13.7. The van der Waals surface area contributed by atoms with Crippen LogP contribution in [0.25, 0.3) is 0 Å². The van der Waals surface area contributed by atoms with Gasteiger partial charge in [0.25, 0.3) is 5.91 Å². The standard InChI is InChI=1S/C18H20N2O4/c1-13-6-3-4-9-16(13)17(21)19-14-7-5-8-15(12-14)20-18(22)24-11-10-23-2/h3-9,12H,10-11H2,1-2H3,(H,19,21)(H,20,22). The second kappa shape index (κ2) is 8.69. The summed E-state index contributed by atoms with van der Waals surface area (Å²) in [5.41, 5.74) is 2.61. The average Bonchev–Trinajstić information content (AvgIpc) is 2.55. The lowest BCUT2D eigenvalue weighted by atomic mass is 10.1. The number of anilines is 2. The van der Waals surface area contributed by atoms with Crippen LogP contribution in [0.4, 0.5) is 16.2 Å². The lowest BCUT2D eigenvalue weighted by Gasteiger charge is -2.10. The number of nitrogens with one attached hydrogen (secondary N) is 2. The van der Waals surface area contributed by atoms with E-state index < -0.39 is 6.09 Å². The summed E-state index contributed by atoms with van der Waals surface area (Å²) in [6, 6.07) is 14.2. The minimum atomic E-state index is -0.575. The molecule has 126 valence electrons. The minimum absolute atomic E-state index is 0.173. The Hall–Kier alpha value is -2.86. The van der Waals surface area contributed by atoms with Crippen molar-refractivity contribution < 1.29 is 19.1 Å². The molecule has 24 heavy (non-hydrogen) atoms. The molecule has 0 bridgehead atoms. The number of carbonyl (C=O) groups is 2. The van der Waals surface area contributed by atoms with Crippen LogP contribution in [0.15, 0.2) is 48.5 Å². The molecule has 0 saturated carbocycles. The van der Waals surface area contributed by atoms with E-state index in [4.69, 9.17) is 9.47 Å². The van der Waals surface area contributed by atoms with E-state index >= 15 is 0 Å². The van der Waals surface area contributed by atoms with E-state index in [1.807, 2.05) is 25.1 Å². The molecule has 2 amide bonds. The van der Waals surface area contributed by atoms with Crippen LogP contribution in [0.2, 0.25) is 0 Å². The van der Waals surface area contributed by atoms with Crippen molar-refractivity contribution in [2.45, 2.75) is 6.92 Å². The normalized spacial score (nSPS) is 10.1. The van der Waals surface area contributed by atoms with Crippen LogP contribution < -0.4 is 10.6 Å². The summed E-state index contributed by atoms with van der Waals surface area (Å²) in [6.07, 6.45) is -0.575. The first-order valence-corrected chi connectivity index (χ1v) is 7.50. The van der Waals surface area contributed by atoms with E-state index in [0.717, 1.165) is 5.56 Å². The topological polar surface area (TPSA) is 76.7 Å². The lowest BCUT2D eigenvalue weighted by molar-refractivity contribution is 0.102. The molecule has 0 atom stereocenters. The monoisotopic (exact) mass is 328 g/mol. The first kappa shape index (κ1) is 17.5. The third-order valence-corrected chi connectivity index (χ3v) is 3.28. The van der Waals surface area contributed by atoms with Crippen molar-refractivity contribution in [3.8, 4) is 0 Å². The fourth-order valence-corrected chi connectivity index (χ4v) is 2.07. The molecule has 0 heterocycles. The van der Waals surface area contributed by atoms with Crippen LogP contribution >= 0.6 is 0 Å². The Morgan fingerprint density at radius 2 is 1.67 bits per heavy atom. The molecule has 0 spiro atoms. The Morgan fingerprint density at radius 1 is 0.958 bits per heavy atom. The first-order valence-electron chi connectivity index (χ1n) is 7.50. The molecular formula is C18H20N2O4. The molecule has 0 unspecified atom stereocenters. The smallest absolute Gasteiger partial charge is 0.411 e. The number of rotatable bonds is 6. The summed E-state index contributed by atoms with van der Waals surface area (Å²) >= 11 is 0. The van der Waals surface area contributed by atoms with Crippen LogP contribution in [0.3, 0.4) is 0 Å². The van der Waals surface area contributed by atoms with E-state index in [-0.39, 0.29) is 12.5 Å². The quantitative estimate of drug-likeness (QED) is 0.796. The fraction of sp³-hybridized carbons (Fsp3) is 0.222. The molecule has 0 radical (unpaired) electrons. The van der Waals surface area contributed by atoms with Crippen LogP contribution in [0.1, 0.15) is 15.9 Å². The van der Waals surface area contributed by atoms with Crippen molar-refractivity contribution in [3.05, 3.63) is 59.7 Å². The van der Waals surface area contributed by atoms with Gasteiger partial charge in [0.15, 0.2) is 0 Å². The molecule has 0 aliphatic carbocycles. The van der Waals surface area contributed by atoms with Crippen LogP contribution in [0.5, 0.6) is 0 Å². The van der Waals surface area contributed by atoms with E-state index in [9.17, 15) is 9.59 Å². The lowest BCUT2D eigenvalue weighted by Crippen LogP contribution is -2.17. The Labute approximate surface area is 140 Å². The summed E-state index contributed by atoms with van der Waals surface area (Å²) in [6.45, 7) is 2.38. The summed E-state index contributed by atoms with van der Waals surface area (Å²) in [5, 5.41) is 5.41. The number of amides is 2. The van der Waals surface area contributed by atoms with Gasteiger partial charge in [0.2, 0.25) is 0 Å². The highest BCUT2D eigenvalue weighted by atomic mass is 16.6. The third kappa shape index (κ3) is 5.10. The zero-order chi connectivity index (χ0) is 17.4. The second-order valence-electron chi connectivity index (χ2n) is 5.10. The van der Waals surface area contributed by atoms with Crippen LogP contribution in [0, 0.1) is 6.92 Å². The van der Waals surface area contributed by atoms with E-state index in [0.29, 0.717) is 23.5 Å². The highest BCUT2D eigenvalue weighted by Crippen LogP contribution is 2.17. The summed E-state index contributed by atoms with van der Waals surface area (Å²) in [5.74, 6) is -0.201. The van der Waals surface area contributed by atoms with Crippen molar-refractivity contribution in [2.24, 2.45) is 0 Å². The van der Waals surface area contributed by atoms with Crippen LogP contribution in [-0.4, -0.2) is 32.3 Å². The SMILES string of the molecule is COCCOC(=O)Nc1cccc(NC(=O)c2ccccc2C)c1. The summed E-state index contributed by atoms with van der Waals surface area (Å²) < 4.78 is 9.73. The van der Waals surface area contributed by atoms with Gasteiger partial charge in [0.1, 0.15) is 6.61 Å². The van der Waals surface area contributed by atoms with Gasteiger partial charge in [-0.15, -0.1) is 0 Å².